The lowest BCUT2D eigenvalue weighted by molar-refractivity contribution is 0.210. The zero-order chi connectivity index (χ0) is 14.1. The zero-order valence-electron chi connectivity index (χ0n) is 10.7. The van der Waals surface area contributed by atoms with Gasteiger partial charge in [0.25, 0.3) is 0 Å². The zero-order valence-corrected chi connectivity index (χ0v) is 10.7. The molecule has 7 heteroatoms. The van der Waals surface area contributed by atoms with Crippen LogP contribution in [0.1, 0.15) is 17.4 Å². The van der Waals surface area contributed by atoms with E-state index in [0.29, 0.717) is 17.0 Å². The molecule has 2 heterocycles. The summed E-state index contributed by atoms with van der Waals surface area (Å²) >= 11 is 0. The van der Waals surface area contributed by atoms with Gasteiger partial charge >= 0.3 is 0 Å². The highest BCUT2D eigenvalue weighted by molar-refractivity contribution is 5.63. The van der Waals surface area contributed by atoms with Crippen LogP contribution in [0.5, 0.6) is 0 Å². The predicted octanol–water partition coefficient (Wildman–Crippen LogP) is 1.43. The van der Waals surface area contributed by atoms with Crippen LogP contribution in [-0.2, 0) is 7.05 Å². The average Bonchev–Trinajstić information content (AvgIpc) is 3.07. The Bertz CT molecular complexity index is 718. The molecular weight excluding hydrogens is 261 g/mol. The fourth-order valence-electron chi connectivity index (χ4n) is 2.06. The molecule has 2 aromatic heterocycles. The Labute approximate surface area is 113 Å². The van der Waals surface area contributed by atoms with Gasteiger partial charge in [-0.1, -0.05) is 5.21 Å². The van der Waals surface area contributed by atoms with Crippen LogP contribution in [-0.4, -0.2) is 30.3 Å². The molecular formula is C13H12FN5O. The quantitative estimate of drug-likeness (QED) is 0.756. The Balaban J connectivity index is 2.02. The highest BCUT2D eigenvalue weighted by Crippen LogP contribution is 2.29. The van der Waals surface area contributed by atoms with Crippen LogP contribution in [0.3, 0.4) is 0 Å². The number of nitrogens with zero attached hydrogens (tertiary/aromatic N) is 4. The standard InChI is InChI=1S/C13H12FN5O/c1-19-11(7-16-18-19)13(20)10-6-15-17-12(10)8-2-4-9(14)5-3-8/h2-7,13,20H,1H3,(H,15,17). The third-order valence-corrected chi connectivity index (χ3v) is 3.13. The van der Waals surface area contributed by atoms with Gasteiger partial charge in [-0.2, -0.15) is 5.10 Å². The third kappa shape index (κ3) is 2.08. The first-order valence-electron chi connectivity index (χ1n) is 5.98. The number of H-pyrrole nitrogens is 1. The van der Waals surface area contributed by atoms with Gasteiger partial charge in [-0.15, -0.1) is 5.10 Å². The second kappa shape index (κ2) is 4.86. The van der Waals surface area contributed by atoms with E-state index in [1.165, 1.54) is 29.2 Å². The van der Waals surface area contributed by atoms with Gasteiger partial charge in [-0.25, -0.2) is 9.07 Å². The number of aliphatic hydroxyl groups is 1. The lowest BCUT2D eigenvalue weighted by atomic mass is 10.0. The van der Waals surface area contributed by atoms with E-state index >= 15 is 0 Å². The number of aromatic nitrogens is 5. The minimum atomic E-state index is -0.909. The van der Waals surface area contributed by atoms with Crippen molar-refractivity contribution in [2.45, 2.75) is 6.10 Å². The van der Waals surface area contributed by atoms with Crippen molar-refractivity contribution in [1.82, 2.24) is 25.2 Å². The fourth-order valence-corrected chi connectivity index (χ4v) is 2.06. The van der Waals surface area contributed by atoms with E-state index in [9.17, 15) is 9.50 Å². The molecule has 0 fully saturated rings. The summed E-state index contributed by atoms with van der Waals surface area (Å²) in [5.74, 6) is -0.314. The summed E-state index contributed by atoms with van der Waals surface area (Å²) in [5, 5.41) is 24.7. The van der Waals surface area contributed by atoms with Crippen LogP contribution in [0, 0.1) is 5.82 Å². The Kier molecular flexibility index (Phi) is 3.03. The van der Waals surface area contributed by atoms with Crippen molar-refractivity contribution in [3.8, 4) is 11.3 Å². The minimum absolute atomic E-state index is 0.314. The van der Waals surface area contributed by atoms with Crippen LogP contribution in [0.4, 0.5) is 4.39 Å². The van der Waals surface area contributed by atoms with Gasteiger partial charge in [0, 0.05) is 18.2 Å². The number of aliphatic hydroxyl groups excluding tert-OH is 1. The summed E-state index contributed by atoms with van der Waals surface area (Å²) in [6.45, 7) is 0. The van der Waals surface area contributed by atoms with Crippen molar-refractivity contribution in [1.29, 1.82) is 0 Å². The number of hydrogen-bond donors (Lipinski definition) is 2. The van der Waals surface area contributed by atoms with Crippen LogP contribution in [0.2, 0.25) is 0 Å². The summed E-state index contributed by atoms with van der Waals surface area (Å²) in [6.07, 6.45) is 2.12. The molecule has 0 saturated carbocycles. The van der Waals surface area contributed by atoms with E-state index in [0.717, 1.165) is 5.56 Å². The molecule has 0 radical (unpaired) electrons. The summed E-state index contributed by atoms with van der Waals surface area (Å²) in [6, 6.07) is 5.97. The average molecular weight is 273 g/mol. The maximum atomic E-state index is 13.0. The molecule has 2 N–H and O–H groups in total. The molecule has 0 aliphatic rings. The van der Waals surface area contributed by atoms with E-state index in [1.807, 2.05) is 0 Å². The highest BCUT2D eigenvalue weighted by atomic mass is 19.1. The maximum absolute atomic E-state index is 13.0. The summed E-state index contributed by atoms with van der Waals surface area (Å²) < 4.78 is 14.5. The molecule has 6 nitrogen and oxygen atoms in total. The monoisotopic (exact) mass is 273 g/mol. The van der Waals surface area contributed by atoms with Gasteiger partial charge in [0.15, 0.2) is 0 Å². The maximum Gasteiger partial charge on any atom is 0.126 e. The van der Waals surface area contributed by atoms with Crippen molar-refractivity contribution >= 4 is 0 Å². The van der Waals surface area contributed by atoms with Gasteiger partial charge in [0.05, 0.1) is 23.8 Å². The molecule has 0 aliphatic carbocycles. The Hall–Kier alpha value is -2.54. The largest absolute Gasteiger partial charge is 0.382 e. The summed E-state index contributed by atoms with van der Waals surface area (Å²) in [4.78, 5) is 0. The highest BCUT2D eigenvalue weighted by Gasteiger charge is 2.20. The van der Waals surface area contributed by atoms with E-state index in [1.54, 1.807) is 19.2 Å². The molecule has 20 heavy (non-hydrogen) atoms. The third-order valence-electron chi connectivity index (χ3n) is 3.13. The van der Waals surface area contributed by atoms with Gasteiger partial charge < -0.3 is 5.11 Å². The molecule has 1 aromatic carbocycles. The van der Waals surface area contributed by atoms with Crippen molar-refractivity contribution in [3.05, 3.63) is 53.7 Å². The SMILES string of the molecule is Cn1nncc1C(O)c1cn[nH]c1-c1ccc(F)cc1. The number of halogens is 1. The van der Waals surface area contributed by atoms with E-state index in [2.05, 4.69) is 20.5 Å². The number of aromatic amines is 1. The number of nitrogens with one attached hydrogen (secondary N) is 1. The van der Waals surface area contributed by atoms with Crippen molar-refractivity contribution < 1.29 is 9.50 Å². The number of aryl methyl sites for hydroxylation is 1. The van der Waals surface area contributed by atoms with E-state index in [-0.39, 0.29) is 5.82 Å². The van der Waals surface area contributed by atoms with Crippen LogP contribution in [0.25, 0.3) is 11.3 Å². The fraction of sp³-hybridized carbons (Fsp3) is 0.154. The Morgan fingerprint density at radius 1 is 1.25 bits per heavy atom. The first kappa shape index (κ1) is 12.5. The summed E-state index contributed by atoms with van der Waals surface area (Å²) in [5.41, 5.74) is 2.52. The lowest BCUT2D eigenvalue weighted by Gasteiger charge is -2.10. The molecule has 0 aliphatic heterocycles. The molecule has 0 amide bonds. The smallest absolute Gasteiger partial charge is 0.126 e. The number of benzene rings is 1. The molecule has 0 saturated heterocycles. The Morgan fingerprint density at radius 2 is 2.00 bits per heavy atom. The van der Waals surface area contributed by atoms with Crippen LogP contribution >= 0.6 is 0 Å². The molecule has 102 valence electrons. The molecule has 1 atom stereocenters. The number of hydrogen-bond acceptors (Lipinski definition) is 4. The first-order chi connectivity index (χ1) is 9.66. The van der Waals surface area contributed by atoms with E-state index < -0.39 is 6.10 Å². The minimum Gasteiger partial charge on any atom is -0.382 e. The number of rotatable bonds is 3. The first-order valence-corrected chi connectivity index (χ1v) is 5.98. The molecule has 3 rings (SSSR count). The van der Waals surface area contributed by atoms with Crippen LogP contribution < -0.4 is 0 Å². The Morgan fingerprint density at radius 3 is 2.65 bits per heavy atom. The van der Waals surface area contributed by atoms with Crippen molar-refractivity contribution in [2.75, 3.05) is 0 Å². The summed E-state index contributed by atoms with van der Waals surface area (Å²) in [7, 11) is 1.70. The van der Waals surface area contributed by atoms with E-state index in [4.69, 9.17) is 0 Å². The topological polar surface area (TPSA) is 79.6 Å². The molecule has 1 unspecified atom stereocenters. The molecule has 0 bridgehead atoms. The van der Waals surface area contributed by atoms with Crippen LogP contribution in [0.15, 0.2) is 36.7 Å². The normalized spacial score (nSPS) is 12.6. The second-order valence-corrected chi connectivity index (χ2v) is 4.39. The molecule has 0 spiro atoms. The predicted molar refractivity (Wildman–Crippen MR) is 69.0 cm³/mol. The molecule has 3 aromatic rings. The van der Waals surface area contributed by atoms with Gasteiger partial charge in [-0.05, 0) is 24.3 Å². The lowest BCUT2D eigenvalue weighted by Crippen LogP contribution is -2.07. The van der Waals surface area contributed by atoms with Crippen molar-refractivity contribution in [2.24, 2.45) is 7.05 Å². The van der Waals surface area contributed by atoms with Gasteiger partial charge in [-0.3, -0.25) is 5.10 Å². The van der Waals surface area contributed by atoms with Gasteiger partial charge in [0.2, 0.25) is 0 Å². The van der Waals surface area contributed by atoms with Crippen molar-refractivity contribution in [3.63, 3.8) is 0 Å². The second-order valence-electron chi connectivity index (χ2n) is 4.39. The van der Waals surface area contributed by atoms with Gasteiger partial charge in [0.1, 0.15) is 11.9 Å².